The highest BCUT2D eigenvalue weighted by Crippen LogP contribution is 2.32. The molecule has 1 aromatic heterocycles. The molecule has 1 aromatic carbocycles. The van der Waals surface area contributed by atoms with Crippen LogP contribution in [0.25, 0.3) is 0 Å². The van der Waals surface area contributed by atoms with Crippen LogP contribution in [0.1, 0.15) is 22.6 Å². The van der Waals surface area contributed by atoms with Gasteiger partial charge in [-0.05, 0) is 38.5 Å². The van der Waals surface area contributed by atoms with Crippen LogP contribution in [0, 0.1) is 20.8 Å². The molecule has 1 heterocycles. The first kappa shape index (κ1) is 15.9. The van der Waals surface area contributed by atoms with Crippen molar-refractivity contribution in [2.45, 2.75) is 31.5 Å². The first-order valence-electron chi connectivity index (χ1n) is 6.49. The Morgan fingerprint density at radius 2 is 1.86 bits per heavy atom. The van der Waals surface area contributed by atoms with Crippen LogP contribution in [-0.2, 0) is 15.9 Å². The molecule has 0 radical (unpaired) electrons. The summed E-state index contributed by atoms with van der Waals surface area (Å²) in [6.45, 7) is 5.28. The van der Waals surface area contributed by atoms with Gasteiger partial charge in [-0.1, -0.05) is 12.1 Å². The Kier molecular flexibility index (Phi) is 4.35. The van der Waals surface area contributed by atoms with E-state index in [1.165, 1.54) is 11.4 Å². The van der Waals surface area contributed by atoms with Crippen molar-refractivity contribution in [2.24, 2.45) is 0 Å². The normalized spacial score (nSPS) is 11.7. The molecular formula is C15H18ClNO3S. The van der Waals surface area contributed by atoms with E-state index in [9.17, 15) is 8.42 Å². The number of aryl methyl sites for hydroxylation is 3. The predicted molar refractivity (Wildman–Crippen MR) is 84.5 cm³/mol. The molecule has 0 aliphatic rings. The number of halogens is 1. The van der Waals surface area contributed by atoms with Gasteiger partial charge in [0.1, 0.15) is 16.4 Å². The lowest BCUT2D eigenvalue weighted by atomic mass is 10.2. The summed E-state index contributed by atoms with van der Waals surface area (Å²) >= 11 is 5.89. The van der Waals surface area contributed by atoms with Crippen molar-refractivity contribution in [2.75, 3.05) is 11.4 Å². The molecule has 0 saturated heterocycles. The summed E-state index contributed by atoms with van der Waals surface area (Å²) in [5.41, 5.74) is 2.12. The van der Waals surface area contributed by atoms with Crippen molar-refractivity contribution < 1.29 is 12.8 Å². The first-order valence-corrected chi connectivity index (χ1v) is 8.47. The molecule has 0 atom stereocenters. The van der Waals surface area contributed by atoms with E-state index in [1.807, 2.05) is 25.1 Å². The van der Waals surface area contributed by atoms with E-state index >= 15 is 0 Å². The Balaban J connectivity index is 2.57. The van der Waals surface area contributed by atoms with E-state index in [1.54, 1.807) is 19.9 Å². The van der Waals surface area contributed by atoms with Gasteiger partial charge in [-0.25, -0.2) is 8.42 Å². The monoisotopic (exact) mass is 327 g/mol. The number of alkyl halides is 1. The number of rotatable bonds is 4. The fraction of sp³-hybridized carbons (Fsp3) is 0.333. The molecule has 0 bridgehead atoms. The van der Waals surface area contributed by atoms with Crippen molar-refractivity contribution in [1.82, 2.24) is 0 Å². The minimum atomic E-state index is -3.71. The van der Waals surface area contributed by atoms with Gasteiger partial charge in [-0.2, -0.15) is 0 Å². The van der Waals surface area contributed by atoms with Crippen LogP contribution in [0.4, 0.5) is 5.69 Å². The Bertz CT molecular complexity index is 765. The van der Waals surface area contributed by atoms with Crippen LogP contribution in [0.3, 0.4) is 0 Å². The van der Waals surface area contributed by atoms with Crippen LogP contribution in [-0.4, -0.2) is 15.5 Å². The minimum absolute atomic E-state index is 0.0966. The largest absolute Gasteiger partial charge is 0.465 e. The third-order valence-electron chi connectivity index (χ3n) is 3.44. The Labute approximate surface area is 130 Å². The van der Waals surface area contributed by atoms with E-state index in [4.69, 9.17) is 16.0 Å². The zero-order chi connectivity index (χ0) is 15.8. The Hall–Kier alpha value is -1.46. The SMILES string of the molecule is Cc1cccc(N(C)S(=O)(=O)c2c(C)oc(C)c2CCl)c1. The third-order valence-corrected chi connectivity index (χ3v) is 5.69. The van der Waals surface area contributed by atoms with Gasteiger partial charge >= 0.3 is 0 Å². The lowest BCUT2D eigenvalue weighted by molar-refractivity contribution is 0.495. The summed E-state index contributed by atoms with van der Waals surface area (Å²) in [7, 11) is -2.17. The molecule has 114 valence electrons. The highest BCUT2D eigenvalue weighted by Gasteiger charge is 2.30. The van der Waals surface area contributed by atoms with Crippen molar-refractivity contribution >= 4 is 27.3 Å². The van der Waals surface area contributed by atoms with Crippen LogP contribution >= 0.6 is 11.6 Å². The lowest BCUT2D eigenvalue weighted by Gasteiger charge is -2.20. The molecular weight excluding hydrogens is 310 g/mol. The molecule has 2 aromatic rings. The van der Waals surface area contributed by atoms with Gasteiger partial charge in [-0.15, -0.1) is 11.6 Å². The molecule has 0 fully saturated rings. The number of hydrogen-bond donors (Lipinski definition) is 0. The van der Waals surface area contributed by atoms with E-state index < -0.39 is 10.0 Å². The predicted octanol–water partition coefficient (Wildman–Crippen LogP) is 3.77. The Morgan fingerprint density at radius 1 is 1.19 bits per heavy atom. The average Bonchev–Trinajstić information content (AvgIpc) is 2.72. The zero-order valence-electron chi connectivity index (χ0n) is 12.5. The minimum Gasteiger partial charge on any atom is -0.465 e. The van der Waals surface area contributed by atoms with E-state index in [2.05, 4.69) is 0 Å². The fourth-order valence-electron chi connectivity index (χ4n) is 2.30. The second kappa shape index (κ2) is 5.73. The molecule has 0 saturated carbocycles. The van der Waals surface area contributed by atoms with Crippen LogP contribution in [0.5, 0.6) is 0 Å². The number of hydrogen-bond acceptors (Lipinski definition) is 3. The molecule has 0 unspecified atom stereocenters. The molecule has 4 nitrogen and oxygen atoms in total. The smallest absolute Gasteiger partial charge is 0.267 e. The molecule has 0 spiro atoms. The maximum absolute atomic E-state index is 12.9. The number of furan rings is 1. The summed E-state index contributed by atoms with van der Waals surface area (Å²) in [5.74, 6) is 1.00. The van der Waals surface area contributed by atoms with Crippen molar-refractivity contribution in [3.05, 3.63) is 46.9 Å². The van der Waals surface area contributed by atoms with Gasteiger partial charge in [0.25, 0.3) is 10.0 Å². The summed E-state index contributed by atoms with van der Waals surface area (Å²) < 4.78 is 32.4. The maximum atomic E-state index is 12.9. The van der Waals surface area contributed by atoms with Crippen LogP contribution in [0.15, 0.2) is 33.6 Å². The van der Waals surface area contributed by atoms with E-state index in [-0.39, 0.29) is 10.8 Å². The summed E-state index contributed by atoms with van der Waals surface area (Å²) in [6, 6.07) is 7.32. The number of anilines is 1. The Morgan fingerprint density at radius 3 is 2.43 bits per heavy atom. The summed E-state index contributed by atoms with van der Waals surface area (Å²) in [6.07, 6.45) is 0. The first-order chi connectivity index (χ1) is 9.78. The summed E-state index contributed by atoms with van der Waals surface area (Å²) in [4.78, 5) is 0.166. The van der Waals surface area contributed by atoms with Gasteiger partial charge in [0, 0.05) is 12.6 Å². The van der Waals surface area contributed by atoms with Gasteiger partial charge in [0.05, 0.1) is 11.6 Å². The molecule has 0 amide bonds. The van der Waals surface area contributed by atoms with Gasteiger partial charge in [0.2, 0.25) is 0 Å². The zero-order valence-corrected chi connectivity index (χ0v) is 14.0. The highest BCUT2D eigenvalue weighted by molar-refractivity contribution is 7.92. The topological polar surface area (TPSA) is 50.5 Å². The molecule has 21 heavy (non-hydrogen) atoms. The number of sulfonamides is 1. The van der Waals surface area contributed by atoms with Gasteiger partial charge in [0.15, 0.2) is 0 Å². The molecule has 6 heteroatoms. The molecule has 0 N–H and O–H groups in total. The third kappa shape index (κ3) is 2.80. The van der Waals surface area contributed by atoms with Crippen LogP contribution in [0.2, 0.25) is 0 Å². The highest BCUT2D eigenvalue weighted by atomic mass is 35.5. The molecule has 0 aliphatic carbocycles. The molecule has 0 aliphatic heterocycles. The van der Waals surface area contributed by atoms with Gasteiger partial charge in [-0.3, -0.25) is 4.31 Å². The van der Waals surface area contributed by atoms with E-state index in [0.717, 1.165) is 5.56 Å². The maximum Gasteiger partial charge on any atom is 0.267 e. The standard InChI is InChI=1S/C15H18ClNO3S/c1-10-6-5-7-13(8-10)17(4)21(18,19)15-12(3)20-11(2)14(15)9-16/h5-8H,9H2,1-4H3. The van der Waals surface area contributed by atoms with Crippen molar-refractivity contribution in [1.29, 1.82) is 0 Å². The number of benzene rings is 1. The number of nitrogens with zero attached hydrogens (tertiary/aromatic N) is 1. The summed E-state index contributed by atoms with van der Waals surface area (Å²) in [5, 5.41) is 0. The van der Waals surface area contributed by atoms with Crippen molar-refractivity contribution in [3.63, 3.8) is 0 Å². The van der Waals surface area contributed by atoms with Crippen LogP contribution < -0.4 is 4.31 Å². The van der Waals surface area contributed by atoms with E-state index in [0.29, 0.717) is 22.8 Å². The fourth-order valence-corrected chi connectivity index (χ4v) is 4.30. The van der Waals surface area contributed by atoms with Crippen molar-refractivity contribution in [3.8, 4) is 0 Å². The average molecular weight is 328 g/mol. The second-order valence-corrected chi connectivity index (χ2v) is 7.14. The second-order valence-electron chi connectivity index (χ2n) is 4.97. The quantitative estimate of drug-likeness (QED) is 0.803. The van der Waals surface area contributed by atoms with Gasteiger partial charge < -0.3 is 4.42 Å². The lowest BCUT2D eigenvalue weighted by Crippen LogP contribution is -2.27. The molecule has 2 rings (SSSR count).